The first-order valence-corrected chi connectivity index (χ1v) is 8.23. The van der Waals surface area contributed by atoms with Gasteiger partial charge in [-0.2, -0.15) is 0 Å². The highest BCUT2D eigenvalue weighted by Gasteiger charge is 2.32. The Morgan fingerprint density at radius 2 is 2.35 bits per heavy atom. The third-order valence-corrected chi connectivity index (χ3v) is 4.60. The molecule has 0 aliphatic carbocycles. The number of aromatic nitrogens is 2. The smallest absolute Gasteiger partial charge is 0.234 e. The van der Waals surface area contributed by atoms with Gasteiger partial charge in [0.2, 0.25) is 5.91 Å². The molecule has 3 rings (SSSR count). The maximum Gasteiger partial charge on any atom is 0.234 e. The summed E-state index contributed by atoms with van der Waals surface area (Å²) in [6.45, 7) is 5.68. The van der Waals surface area contributed by atoms with Gasteiger partial charge < -0.3 is 15.0 Å². The highest BCUT2D eigenvalue weighted by atomic mass is 16.5. The standard InChI is InChI=1S/C16H25N5O2/c1-12-6-17-11-19-16(12)21-8-13(9-21)20(2)10-15(22)18-7-14-4-3-5-23-14/h6,11,13-14H,3-5,7-10H2,1-2H3,(H,18,22). The monoisotopic (exact) mass is 319 g/mol. The van der Waals surface area contributed by atoms with Gasteiger partial charge in [0.1, 0.15) is 12.1 Å². The Hall–Kier alpha value is -1.73. The average molecular weight is 319 g/mol. The summed E-state index contributed by atoms with van der Waals surface area (Å²) >= 11 is 0. The van der Waals surface area contributed by atoms with Crippen LogP contribution in [0.1, 0.15) is 18.4 Å². The van der Waals surface area contributed by atoms with Crippen molar-refractivity contribution in [2.24, 2.45) is 0 Å². The van der Waals surface area contributed by atoms with Crippen molar-refractivity contribution in [2.45, 2.75) is 31.9 Å². The minimum absolute atomic E-state index is 0.0691. The number of nitrogens with one attached hydrogen (secondary N) is 1. The van der Waals surface area contributed by atoms with Gasteiger partial charge in [-0.25, -0.2) is 9.97 Å². The van der Waals surface area contributed by atoms with Crippen LogP contribution in [0.3, 0.4) is 0 Å². The molecule has 1 aromatic rings. The first-order valence-electron chi connectivity index (χ1n) is 8.23. The molecule has 2 aliphatic heterocycles. The zero-order valence-corrected chi connectivity index (χ0v) is 13.9. The van der Waals surface area contributed by atoms with Gasteiger partial charge in [0, 0.05) is 44.0 Å². The molecule has 0 bridgehead atoms. The molecule has 2 aliphatic rings. The predicted octanol–water partition coefficient (Wildman–Crippen LogP) is 0.201. The van der Waals surface area contributed by atoms with Crippen LogP contribution in [-0.4, -0.2) is 72.8 Å². The minimum atomic E-state index is 0.0691. The lowest BCUT2D eigenvalue weighted by Crippen LogP contribution is -2.60. The average Bonchev–Trinajstić information content (AvgIpc) is 2.99. The van der Waals surface area contributed by atoms with E-state index in [2.05, 4.69) is 25.1 Å². The number of amides is 1. The molecule has 23 heavy (non-hydrogen) atoms. The number of likely N-dealkylation sites (N-methyl/N-ethyl adjacent to an activating group) is 1. The molecular formula is C16H25N5O2. The SMILES string of the molecule is Cc1cncnc1N1CC(N(C)CC(=O)NCC2CCCO2)C1. The van der Waals surface area contributed by atoms with Crippen LogP contribution in [0, 0.1) is 6.92 Å². The summed E-state index contributed by atoms with van der Waals surface area (Å²) < 4.78 is 5.52. The van der Waals surface area contributed by atoms with Crippen molar-refractivity contribution < 1.29 is 9.53 Å². The number of hydrogen-bond acceptors (Lipinski definition) is 6. The zero-order chi connectivity index (χ0) is 16.2. The molecule has 2 fully saturated rings. The second-order valence-electron chi connectivity index (χ2n) is 6.44. The number of aryl methyl sites for hydroxylation is 1. The number of ether oxygens (including phenoxy) is 1. The Morgan fingerprint density at radius 1 is 1.52 bits per heavy atom. The zero-order valence-electron chi connectivity index (χ0n) is 13.9. The molecular weight excluding hydrogens is 294 g/mol. The van der Waals surface area contributed by atoms with Crippen molar-refractivity contribution in [3.63, 3.8) is 0 Å². The van der Waals surface area contributed by atoms with Crippen LogP contribution in [0.15, 0.2) is 12.5 Å². The number of nitrogens with zero attached hydrogens (tertiary/aromatic N) is 4. The van der Waals surface area contributed by atoms with Gasteiger partial charge in [0.15, 0.2) is 0 Å². The van der Waals surface area contributed by atoms with Crippen molar-refractivity contribution >= 4 is 11.7 Å². The molecule has 126 valence electrons. The van der Waals surface area contributed by atoms with Gasteiger partial charge in [-0.05, 0) is 26.8 Å². The lowest BCUT2D eigenvalue weighted by Gasteiger charge is -2.44. The Labute approximate surface area is 137 Å². The van der Waals surface area contributed by atoms with E-state index in [0.29, 0.717) is 19.1 Å². The summed E-state index contributed by atoms with van der Waals surface area (Å²) in [5.74, 6) is 1.06. The van der Waals surface area contributed by atoms with E-state index in [1.807, 2.05) is 20.2 Å². The van der Waals surface area contributed by atoms with E-state index in [1.165, 1.54) is 0 Å². The third kappa shape index (κ3) is 3.97. The number of rotatable bonds is 6. The topological polar surface area (TPSA) is 70.6 Å². The minimum Gasteiger partial charge on any atom is -0.376 e. The predicted molar refractivity (Wildman–Crippen MR) is 87.4 cm³/mol. The normalized spacial score (nSPS) is 21.5. The van der Waals surface area contributed by atoms with Crippen LogP contribution in [0.2, 0.25) is 0 Å². The van der Waals surface area contributed by atoms with E-state index < -0.39 is 0 Å². The maximum absolute atomic E-state index is 12.0. The number of hydrogen-bond donors (Lipinski definition) is 1. The van der Waals surface area contributed by atoms with Crippen molar-refractivity contribution in [2.75, 3.05) is 44.7 Å². The van der Waals surface area contributed by atoms with Gasteiger partial charge >= 0.3 is 0 Å². The third-order valence-electron chi connectivity index (χ3n) is 4.60. The summed E-state index contributed by atoms with van der Waals surface area (Å²) in [6.07, 6.45) is 5.76. The van der Waals surface area contributed by atoms with Crippen LogP contribution in [0.25, 0.3) is 0 Å². The molecule has 1 N–H and O–H groups in total. The quantitative estimate of drug-likeness (QED) is 0.808. The van der Waals surface area contributed by atoms with Crippen molar-refractivity contribution in [3.05, 3.63) is 18.1 Å². The number of carbonyl (C=O) groups is 1. The molecule has 0 aromatic carbocycles. The van der Waals surface area contributed by atoms with Crippen LogP contribution < -0.4 is 10.2 Å². The van der Waals surface area contributed by atoms with Crippen molar-refractivity contribution in [1.82, 2.24) is 20.2 Å². The summed E-state index contributed by atoms with van der Waals surface area (Å²) in [7, 11) is 2.00. The van der Waals surface area contributed by atoms with E-state index in [1.54, 1.807) is 6.33 Å². The molecule has 7 heteroatoms. The van der Waals surface area contributed by atoms with E-state index in [0.717, 1.165) is 43.9 Å². The Morgan fingerprint density at radius 3 is 3.04 bits per heavy atom. The van der Waals surface area contributed by atoms with E-state index in [4.69, 9.17) is 4.74 Å². The van der Waals surface area contributed by atoms with Gasteiger partial charge in [-0.15, -0.1) is 0 Å². The van der Waals surface area contributed by atoms with Crippen molar-refractivity contribution in [3.8, 4) is 0 Å². The molecule has 0 saturated carbocycles. The Bertz CT molecular complexity index is 541. The summed E-state index contributed by atoms with van der Waals surface area (Å²) in [4.78, 5) is 24.7. The highest BCUT2D eigenvalue weighted by Crippen LogP contribution is 2.23. The molecule has 7 nitrogen and oxygen atoms in total. The largest absolute Gasteiger partial charge is 0.376 e. The summed E-state index contributed by atoms with van der Waals surface area (Å²) in [6, 6.07) is 0.387. The molecule has 2 saturated heterocycles. The fourth-order valence-electron chi connectivity index (χ4n) is 3.08. The van der Waals surface area contributed by atoms with Gasteiger partial charge in [-0.1, -0.05) is 0 Å². The fraction of sp³-hybridized carbons (Fsp3) is 0.688. The lowest BCUT2D eigenvalue weighted by molar-refractivity contribution is -0.123. The summed E-state index contributed by atoms with van der Waals surface area (Å²) in [5, 5.41) is 2.97. The van der Waals surface area contributed by atoms with Gasteiger partial charge in [0.25, 0.3) is 0 Å². The first-order chi connectivity index (χ1) is 11.1. The molecule has 0 spiro atoms. The second kappa shape index (κ2) is 7.23. The number of carbonyl (C=O) groups excluding carboxylic acids is 1. The van der Waals surface area contributed by atoms with Crippen molar-refractivity contribution in [1.29, 1.82) is 0 Å². The van der Waals surface area contributed by atoms with E-state index in [-0.39, 0.29) is 12.0 Å². The molecule has 1 unspecified atom stereocenters. The van der Waals surface area contributed by atoms with Crippen LogP contribution in [0.4, 0.5) is 5.82 Å². The van der Waals surface area contributed by atoms with Crippen LogP contribution >= 0.6 is 0 Å². The summed E-state index contributed by atoms with van der Waals surface area (Å²) in [5.41, 5.74) is 1.09. The Balaban J connectivity index is 1.39. The fourth-order valence-corrected chi connectivity index (χ4v) is 3.08. The second-order valence-corrected chi connectivity index (χ2v) is 6.44. The first kappa shape index (κ1) is 16.1. The van der Waals surface area contributed by atoms with E-state index in [9.17, 15) is 4.79 Å². The maximum atomic E-state index is 12.0. The Kier molecular flexibility index (Phi) is 5.07. The van der Waals surface area contributed by atoms with E-state index >= 15 is 0 Å². The number of anilines is 1. The lowest BCUT2D eigenvalue weighted by atomic mass is 10.1. The van der Waals surface area contributed by atoms with Gasteiger partial charge in [0.05, 0.1) is 12.6 Å². The van der Waals surface area contributed by atoms with Gasteiger partial charge in [-0.3, -0.25) is 9.69 Å². The van der Waals surface area contributed by atoms with Crippen LogP contribution in [0.5, 0.6) is 0 Å². The molecule has 1 atom stereocenters. The molecule has 0 radical (unpaired) electrons. The molecule has 1 aromatic heterocycles. The molecule has 1 amide bonds. The highest BCUT2D eigenvalue weighted by molar-refractivity contribution is 5.78. The molecule has 3 heterocycles. The van der Waals surface area contributed by atoms with Crippen LogP contribution in [-0.2, 0) is 9.53 Å².